The number of rotatable bonds is 5. The van der Waals surface area contributed by atoms with E-state index < -0.39 is 0 Å². The van der Waals surface area contributed by atoms with E-state index in [4.69, 9.17) is 21.7 Å². The van der Waals surface area contributed by atoms with E-state index in [1.165, 1.54) is 11.8 Å². The fraction of sp³-hybridized carbons (Fsp3) is 0.148. The van der Waals surface area contributed by atoms with Gasteiger partial charge in [-0.15, -0.1) is 0 Å². The molecule has 0 N–H and O–H groups in total. The molecule has 6 rings (SSSR count). The molecule has 3 heterocycles. The van der Waals surface area contributed by atoms with Gasteiger partial charge in [0.2, 0.25) is 12.7 Å². The monoisotopic (exact) mass is 532 g/mol. The van der Waals surface area contributed by atoms with Crippen molar-refractivity contribution >= 4 is 69.3 Å². The van der Waals surface area contributed by atoms with E-state index in [9.17, 15) is 9.59 Å². The van der Waals surface area contributed by atoms with E-state index in [2.05, 4.69) is 0 Å². The number of carbonyl (C=O) groups is 2. The first-order valence-electron chi connectivity index (χ1n) is 11.4. The number of ether oxygens (including phenoxy) is 2. The minimum absolute atomic E-state index is 0.00320. The lowest BCUT2D eigenvalue weighted by molar-refractivity contribution is -0.123. The van der Waals surface area contributed by atoms with Crippen LogP contribution < -0.4 is 14.4 Å². The molecule has 9 heteroatoms. The fourth-order valence-electron chi connectivity index (χ4n) is 4.32. The number of amides is 2. The van der Waals surface area contributed by atoms with Gasteiger partial charge >= 0.3 is 0 Å². The highest BCUT2D eigenvalue weighted by atomic mass is 32.2. The van der Waals surface area contributed by atoms with Gasteiger partial charge in [0.1, 0.15) is 4.32 Å². The Bertz CT molecular complexity index is 1390. The van der Waals surface area contributed by atoms with E-state index in [-0.39, 0.29) is 18.6 Å². The van der Waals surface area contributed by atoms with Crippen LogP contribution in [-0.2, 0) is 9.59 Å². The molecular formula is C27H20N2O4S3. The molecule has 2 amide bonds. The van der Waals surface area contributed by atoms with E-state index in [1.54, 1.807) is 21.6 Å². The van der Waals surface area contributed by atoms with Crippen LogP contribution >= 0.6 is 35.7 Å². The summed E-state index contributed by atoms with van der Waals surface area (Å²) >= 11 is 8.43. The van der Waals surface area contributed by atoms with Crippen molar-refractivity contribution in [1.29, 1.82) is 0 Å². The highest BCUT2D eigenvalue weighted by Crippen LogP contribution is 2.48. The summed E-state index contributed by atoms with van der Waals surface area (Å²) in [4.78, 5) is 32.5. The topological polar surface area (TPSA) is 59.1 Å². The molecule has 36 heavy (non-hydrogen) atoms. The van der Waals surface area contributed by atoms with Crippen LogP contribution in [0.5, 0.6) is 11.5 Å². The van der Waals surface area contributed by atoms with Gasteiger partial charge in [-0.1, -0.05) is 66.1 Å². The summed E-state index contributed by atoms with van der Waals surface area (Å²) in [6, 6.07) is 21.4. The van der Waals surface area contributed by atoms with Crippen molar-refractivity contribution in [2.75, 3.05) is 18.2 Å². The number of para-hydroxylation sites is 2. The van der Waals surface area contributed by atoms with E-state index in [0.717, 1.165) is 26.7 Å². The summed E-state index contributed by atoms with van der Waals surface area (Å²) in [5, 5.41) is 0. The Kier molecular flexibility index (Phi) is 6.20. The highest BCUT2D eigenvalue weighted by Gasteiger charge is 2.33. The van der Waals surface area contributed by atoms with Crippen LogP contribution in [0.25, 0.3) is 6.08 Å². The van der Waals surface area contributed by atoms with Crippen LogP contribution in [0.4, 0.5) is 11.4 Å². The lowest BCUT2D eigenvalue weighted by Gasteiger charge is -2.31. The van der Waals surface area contributed by atoms with Crippen molar-refractivity contribution in [1.82, 2.24) is 4.90 Å². The molecular weight excluding hydrogens is 513 g/mol. The maximum Gasteiger partial charge on any atom is 0.266 e. The molecule has 0 spiro atoms. The minimum Gasteiger partial charge on any atom is -0.454 e. The number of benzene rings is 3. The number of fused-ring (bicyclic) bond motifs is 3. The van der Waals surface area contributed by atoms with Gasteiger partial charge < -0.3 is 9.47 Å². The summed E-state index contributed by atoms with van der Waals surface area (Å²) in [6.45, 7) is 0.591. The fourth-order valence-corrected chi connectivity index (χ4v) is 6.69. The smallest absolute Gasteiger partial charge is 0.266 e. The highest BCUT2D eigenvalue weighted by molar-refractivity contribution is 8.26. The molecule has 3 aromatic rings. The summed E-state index contributed by atoms with van der Waals surface area (Å²) in [7, 11) is 0. The lowest BCUT2D eigenvalue weighted by Crippen LogP contribution is -2.32. The van der Waals surface area contributed by atoms with Crippen LogP contribution in [0.1, 0.15) is 18.4 Å². The number of thioether (sulfide) groups is 1. The molecule has 0 aliphatic carbocycles. The zero-order chi connectivity index (χ0) is 24.6. The Hall–Kier alpha value is -3.27. The molecule has 0 unspecified atom stereocenters. The van der Waals surface area contributed by atoms with Gasteiger partial charge in [-0.3, -0.25) is 19.4 Å². The van der Waals surface area contributed by atoms with Crippen LogP contribution in [0.15, 0.2) is 81.4 Å². The Morgan fingerprint density at radius 2 is 1.64 bits per heavy atom. The molecule has 3 aromatic carbocycles. The molecule has 1 saturated heterocycles. The number of thiocarbonyl (C=S) groups is 1. The van der Waals surface area contributed by atoms with Crippen LogP contribution in [-0.4, -0.2) is 34.4 Å². The number of anilines is 2. The van der Waals surface area contributed by atoms with Gasteiger partial charge in [-0.25, -0.2) is 0 Å². The quantitative estimate of drug-likeness (QED) is 0.285. The van der Waals surface area contributed by atoms with Crippen LogP contribution in [0.3, 0.4) is 0 Å². The average Bonchev–Trinajstić information content (AvgIpc) is 3.46. The van der Waals surface area contributed by atoms with Gasteiger partial charge in [-0.05, 0) is 54.5 Å². The predicted molar refractivity (Wildman–Crippen MR) is 146 cm³/mol. The summed E-state index contributed by atoms with van der Waals surface area (Å²) in [6.07, 6.45) is 2.62. The van der Waals surface area contributed by atoms with Gasteiger partial charge in [-0.2, -0.15) is 0 Å². The summed E-state index contributed by atoms with van der Waals surface area (Å²) in [5.41, 5.74) is 2.63. The maximum atomic E-state index is 13.4. The van der Waals surface area contributed by atoms with E-state index in [1.807, 2.05) is 72.8 Å². The van der Waals surface area contributed by atoms with E-state index >= 15 is 0 Å². The third-order valence-corrected chi connectivity index (χ3v) is 8.53. The van der Waals surface area contributed by atoms with Gasteiger partial charge in [0.25, 0.3) is 5.91 Å². The molecule has 3 aliphatic rings. The molecule has 3 aliphatic heterocycles. The maximum absolute atomic E-state index is 13.4. The van der Waals surface area contributed by atoms with E-state index in [0.29, 0.717) is 40.1 Å². The number of nitrogens with zero attached hydrogens (tertiary/aromatic N) is 2. The predicted octanol–water partition coefficient (Wildman–Crippen LogP) is 6.23. The summed E-state index contributed by atoms with van der Waals surface area (Å²) < 4.78 is 11.3. The summed E-state index contributed by atoms with van der Waals surface area (Å²) in [5.74, 6) is 1.22. The number of hydrogen-bond acceptors (Lipinski definition) is 7. The second kappa shape index (κ2) is 9.65. The number of hydrogen-bond donors (Lipinski definition) is 0. The zero-order valence-corrected chi connectivity index (χ0v) is 21.5. The van der Waals surface area contributed by atoms with Crippen molar-refractivity contribution in [3.63, 3.8) is 0 Å². The molecule has 1 fully saturated rings. The van der Waals surface area contributed by atoms with Crippen molar-refractivity contribution < 1.29 is 19.1 Å². The third-order valence-electron chi connectivity index (χ3n) is 6.02. The normalized spacial score (nSPS) is 16.9. The SMILES string of the molecule is O=C1/C(=C/c2ccc3c(c2)OCO3)SC(=S)N1CCCC(=O)N1c2ccccc2Sc2ccccc21. The minimum atomic E-state index is -0.139. The Morgan fingerprint density at radius 3 is 2.39 bits per heavy atom. The Morgan fingerprint density at radius 1 is 0.944 bits per heavy atom. The Balaban J connectivity index is 1.13. The second-order valence-electron chi connectivity index (χ2n) is 8.32. The van der Waals surface area contributed by atoms with Crippen LogP contribution in [0, 0.1) is 0 Å². The van der Waals surface area contributed by atoms with Gasteiger partial charge in [0.05, 0.1) is 16.3 Å². The molecule has 180 valence electrons. The van der Waals surface area contributed by atoms with Crippen molar-refractivity contribution in [3.05, 3.63) is 77.2 Å². The lowest BCUT2D eigenvalue weighted by atomic mass is 10.1. The first kappa shape index (κ1) is 23.1. The largest absolute Gasteiger partial charge is 0.454 e. The van der Waals surface area contributed by atoms with Crippen molar-refractivity contribution in [2.45, 2.75) is 22.6 Å². The van der Waals surface area contributed by atoms with Crippen LogP contribution in [0.2, 0.25) is 0 Å². The third kappa shape index (κ3) is 4.27. The molecule has 0 atom stereocenters. The van der Waals surface area contributed by atoms with Crippen molar-refractivity contribution in [3.8, 4) is 11.5 Å². The molecule has 0 radical (unpaired) electrons. The standard InChI is InChI=1S/C27H20N2O4S3/c30-25(29-18-6-1-3-8-22(18)35-23-9-4-2-7-19(23)29)10-5-13-28-26(31)24(36-27(28)34)15-17-11-12-20-21(14-17)33-16-32-20/h1-4,6-9,11-12,14-15H,5,10,13,16H2/b24-15-. The first-order chi connectivity index (χ1) is 17.6. The molecule has 0 bridgehead atoms. The second-order valence-corrected chi connectivity index (χ2v) is 11.1. The first-order valence-corrected chi connectivity index (χ1v) is 13.5. The Labute approximate surface area is 222 Å². The molecule has 0 aromatic heterocycles. The van der Waals surface area contributed by atoms with Gasteiger partial charge in [0, 0.05) is 22.8 Å². The number of carbonyl (C=O) groups excluding carboxylic acids is 2. The van der Waals surface area contributed by atoms with Crippen molar-refractivity contribution in [2.24, 2.45) is 0 Å². The van der Waals surface area contributed by atoms with Gasteiger partial charge in [0.15, 0.2) is 11.5 Å². The average molecular weight is 533 g/mol. The zero-order valence-electron chi connectivity index (χ0n) is 19.0. The molecule has 6 nitrogen and oxygen atoms in total. The molecule has 0 saturated carbocycles.